The Bertz CT molecular complexity index is 1430. The number of halogens is 4. The molecular weight excluding hydrogens is 544 g/mol. The summed E-state index contributed by atoms with van der Waals surface area (Å²) in [6.07, 6.45) is -2.17. The topological polar surface area (TPSA) is 108 Å². The van der Waals surface area contributed by atoms with Crippen LogP contribution in [0.3, 0.4) is 0 Å². The van der Waals surface area contributed by atoms with Crippen LogP contribution in [0.1, 0.15) is 60.6 Å². The lowest BCUT2D eigenvalue weighted by Crippen LogP contribution is -2.28. The van der Waals surface area contributed by atoms with Gasteiger partial charge < -0.3 is 25.6 Å². The molecule has 1 unspecified atom stereocenters. The van der Waals surface area contributed by atoms with E-state index in [1.165, 1.54) is 18.1 Å². The minimum atomic E-state index is -4.80. The van der Waals surface area contributed by atoms with Gasteiger partial charge in [-0.05, 0) is 37.1 Å². The van der Waals surface area contributed by atoms with E-state index in [2.05, 4.69) is 25.9 Å². The number of rotatable bonds is 11. The van der Waals surface area contributed by atoms with E-state index in [9.17, 15) is 27.2 Å². The maximum Gasteiger partial charge on any atom is 0.421 e. The van der Waals surface area contributed by atoms with E-state index in [4.69, 9.17) is 4.74 Å². The number of methoxy groups -OCH3 is 1. The van der Waals surface area contributed by atoms with Crippen LogP contribution in [0.2, 0.25) is 0 Å². The van der Waals surface area contributed by atoms with Gasteiger partial charge in [0.05, 0.1) is 30.1 Å². The second kappa shape index (κ2) is 12.4. The fourth-order valence-electron chi connectivity index (χ4n) is 4.56. The lowest BCUT2D eigenvalue weighted by molar-refractivity contribution is -0.137. The first-order chi connectivity index (χ1) is 19.6. The number of nitrogens with one attached hydrogen (secondary N) is 3. The molecule has 3 N–H and O–H groups in total. The number of hydrogen-bond donors (Lipinski definition) is 3. The van der Waals surface area contributed by atoms with Crippen molar-refractivity contribution in [2.24, 2.45) is 0 Å². The van der Waals surface area contributed by atoms with Crippen molar-refractivity contribution in [3.63, 3.8) is 0 Å². The smallest absolute Gasteiger partial charge is 0.421 e. The number of aromatic nitrogens is 2. The van der Waals surface area contributed by atoms with Crippen LogP contribution in [0.15, 0.2) is 42.6 Å². The van der Waals surface area contributed by atoms with Gasteiger partial charge >= 0.3 is 6.18 Å². The maximum absolute atomic E-state index is 13.9. The molecule has 1 atom stereocenters. The number of benzene rings is 2. The first-order valence-corrected chi connectivity index (χ1v) is 13.0. The Morgan fingerprint density at radius 2 is 1.93 bits per heavy atom. The molecule has 2 heterocycles. The van der Waals surface area contributed by atoms with Crippen molar-refractivity contribution in [2.45, 2.75) is 45.3 Å². The highest BCUT2D eigenvalue weighted by atomic mass is 19.4. The summed E-state index contributed by atoms with van der Waals surface area (Å²) < 4.78 is 60.2. The van der Waals surface area contributed by atoms with E-state index in [0.29, 0.717) is 35.3 Å². The molecule has 1 aliphatic heterocycles. The number of fused-ring (bicyclic) bond motifs is 1. The Morgan fingerprint density at radius 1 is 1.15 bits per heavy atom. The number of ether oxygens (including phenoxy) is 1. The zero-order valence-corrected chi connectivity index (χ0v) is 22.7. The van der Waals surface area contributed by atoms with Gasteiger partial charge in [0.2, 0.25) is 11.9 Å². The van der Waals surface area contributed by atoms with Gasteiger partial charge in [-0.25, -0.2) is 9.37 Å². The largest absolute Gasteiger partial charge is 0.494 e. The van der Waals surface area contributed by atoms with Crippen molar-refractivity contribution < 1.29 is 31.9 Å². The summed E-state index contributed by atoms with van der Waals surface area (Å²) in [5.74, 6) is -1.09. The van der Waals surface area contributed by atoms with E-state index in [0.717, 1.165) is 12.8 Å². The van der Waals surface area contributed by atoms with Crippen molar-refractivity contribution in [1.29, 1.82) is 0 Å². The second-order valence-electron chi connectivity index (χ2n) is 9.40. The molecular formula is C28H30F4N6O3. The average molecular weight is 575 g/mol. The van der Waals surface area contributed by atoms with Crippen molar-refractivity contribution in [3.05, 3.63) is 59.3 Å². The number of anilines is 5. The number of unbranched alkanes of at least 4 members (excludes halogenated alkanes) is 1. The van der Waals surface area contributed by atoms with Crippen LogP contribution < -0.4 is 20.7 Å². The molecule has 0 bridgehead atoms. The quantitative estimate of drug-likeness (QED) is 0.221. The van der Waals surface area contributed by atoms with E-state index >= 15 is 0 Å². The summed E-state index contributed by atoms with van der Waals surface area (Å²) in [6, 6.07) is 9.07. The summed E-state index contributed by atoms with van der Waals surface area (Å²) >= 11 is 0. The standard InChI is InChI=1S/C28H30F4N6O3/c1-4-5-9-23(39)34-17-10-11-20(22(14-17)41-3)36-27-33-15-19(28(30,31)32)25(37-27)35-21-8-6-7-18-16(2)38(13-12-29)26(40)24(18)21/h6-8,10-11,14-16H,4-5,9,12-13H2,1-3H3,(H,34,39)(H2,33,35,36,37). The van der Waals surface area contributed by atoms with Gasteiger partial charge in [-0.1, -0.05) is 25.5 Å². The van der Waals surface area contributed by atoms with E-state index in [1.54, 1.807) is 37.3 Å². The third kappa shape index (κ3) is 6.50. The fourth-order valence-corrected chi connectivity index (χ4v) is 4.56. The third-order valence-corrected chi connectivity index (χ3v) is 6.65. The minimum Gasteiger partial charge on any atom is -0.494 e. The summed E-state index contributed by atoms with van der Waals surface area (Å²) in [5, 5.41) is 8.29. The molecule has 4 rings (SSSR count). The number of carbonyl (C=O) groups is 2. The Kier molecular flexibility index (Phi) is 8.94. The maximum atomic E-state index is 13.9. The normalized spacial score (nSPS) is 14.6. The van der Waals surface area contributed by atoms with Gasteiger partial charge in [-0.15, -0.1) is 0 Å². The van der Waals surface area contributed by atoms with E-state index < -0.39 is 36.2 Å². The highest BCUT2D eigenvalue weighted by Crippen LogP contribution is 2.41. The molecule has 1 aliphatic rings. The third-order valence-electron chi connectivity index (χ3n) is 6.65. The molecule has 0 spiro atoms. The molecule has 9 nitrogen and oxygen atoms in total. The van der Waals surface area contributed by atoms with Crippen LogP contribution in [-0.4, -0.2) is 47.0 Å². The molecule has 1 aromatic heterocycles. The predicted octanol–water partition coefficient (Wildman–Crippen LogP) is 6.61. The Labute approximate surface area is 234 Å². The Hall–Kier alpha value is -4.42. The van der Waals surface area contributed by atoms with Gasteiger partial charge in [-0.3, -0.25) is 9.59 Å². The van der Waals surface area contributed by atoms with Crippen molar-refractivity contribution >= 4 is 40.6 Å². The summed E-state index contributed by atoms with van der Waals surface area (Å²) in [7, 11) is 1.41. The minimum absolute atomic E-state index is 0.108. The van der Waals surface area contributed by atoms with Crippen LogP contribution in [0.4, 0.5) is 46.4 Å². The first kappa shape index (κ1) is 29.6. The number of hydrogen-bond acceptors (Lipinski definition) is 7. The van der Waals surface area contributed by atoms with Crippen molar-refractivity contribution in [1.82, 2.24) is 14.9 Å². The van der Waals surface area contributed by atoms with Crippen molar-refractivity contribution in [3.8, 4) is 5.75 Å². The van der Waals surface area contributed by atoms with Crippen LogP contribution in [0.5, 0.6) is 5.75 Å². The van der Waals surface area contributed by atoms with Crippen LogP contribution >= 0.6 is 0 Å². The second-order valence-corrected chi connectivity index (χ2v) is 9.40. The number of carbonyl (C=O) groups excluding carboxylic acids is 2. The fraction of sp³-hybridized carbons (Fsp3) is 0.357. The summed E-state index contributed by atoms with van der Waals surface area (Å²) in [5.41, 5.74) is 0.529. The molecule has 0 radical (unpaired) electrons. The SMILES string of the molecule is CCCCC(=O)Nc1ccc(Nc2ncc(C(F)(F)F)c(Nc3cccc4c3C(=O)N(CCF)C4C)n2)c(OC)c1. The van der Waals surface area contributed by atoms with Crippen molar-refractivity contribution in [2.75, 3.05) is 36.3 Å². The highest BCUT2D eigenvalue weighted by Gasteiger charge is 2.38. The molecule has 0 saturated carbocycles. The molecule has 3 aromatic rings. The Balaban J connectivity index is 1.64. The van der Waals surface area contributed by atoms with Gasteiger partial charge in [0.25, 0.3) is 5.91 Å². The zero-order chi connectivity index (χ0) is 29.7. The number of nitrogens with zero attached hydrogens (tertiary/aromatic N) is 3. The lowest BCUT2D eigenvalue weighted by Gasteiger charge is -2.20. The summed E-state index contributed by atoms with van der Waals surface area (Å²) in [6.45, 7) is 2.83. The molecule has 41 heavy (non-hydrogen) atoms. The average Bonchev–Trinajstić information content (AvgIpc) is 3.18. The van der Waals surface area contributed by atoms with Gasteiger partial charge in [0.15, 0.2) is 0 Å². The van der Waals surface area contributed by atoms with Crippen LogP contribution in [0, 0.1) is 0 Å². The van der Waals surface area contributed by atoms with Gasteiger partial charge in [0.1, 0.15) is 23.8 Å². The molecule has 0 saturated heterocycles. The van der Waals surface area contributed by atoms with E-state index in [1.807, 2.05) is 6.92 Å². The molecule has 218 valence electrons. The highest BCUT2D eigenvalue weighted by molar-refractivity contribution is 6.04. The van der Waals surface area contributed by atoms with Gasteiger partial charge in [0, 0.05) is 30.9 Å². The predicted molar refractivity (Wildman–Crippen MR) is 147 cm³/mol. The molecule has 13 heteroatoms. The Morgan fingerprint density at radius 3 is 2.61 bits per heavy atom. The lowest BCUT2D eigenvalue weighted by atomic mass is 10.0. The molecule has 2 aromatic carbocycles. The molecule has 0 aliphatic carbocycles. The van der Waals surface area contributed by atoms with Gasteiger partial charge in [-0.2, -0.15) is 18.2 Å². The van der Waals surface area contributed by atoms with Crippen LogP contribution in [0.25, 0.3) is 0 Å². The zero-order valence-electron chi connectivity index (χ0n) is 22.7. The summed E-state index contributed by atoms with van der Waals surface area (Å²) in [4.78, 5) is 34.3. The van der Waals surface area contributed by atoms with Crippen LogP contribution in [-0.2, 0) is 11.0 Å². The molecule has 0 fully saturated rings. The first-order valence-electron chi connectivity index (χ1n) is 13.0. The monoisotopic (exact) mass is 574 g/mol. The number of amides is 2. The number of alkyl halides is 4. The van der Waals surface area contributed by atoms with E-state index in [-0.39, 0.29) is 29.7 Å². The molecule has 2 amide bonds.